The van der Waals surface area contributed by atoms with Crippen LogP contribution in [0.25, 0.3) is 0 Å². The van der Waals surface area contributed by atoms with Gasteiger partial charge in [-0.25, -0.2) is 0 Å². The Balaban J connectivity index is 2.04. The van der Waals surface area contributed by atoms with Crippen LogP contribution in [0.3, 0.4) is 0 Å². The van der Waals surface area contributed by atoms with E-state index in [0.717, 1.165) is 21.6 Å². The van der Waals surface area contributed by atoms with Crippen LogP contribution in [0.4, 0.5) is 5.69 Å². The van der Waals surface area contributed by atoms with E-state index in [4.69, 9.17) is 11.6 Å². The monoisotopic (exact) mass is 365 g/mol. The molecule has 0 aliphatic carbocycles. The second kappa shape index (κ2) is 7.86. The molecule has 3 heteroatoms. The van der Waals surface area contributed by atoms with Gasteiger partial charge < -0.3 is 5.32 Å². The molecule has 0 saturated heterocycles. The fraction of sp³-hybridized carbons (Fsp3) is 0.333. The fourth-order valence-corrected chi connectivity index (χ4v) is 3.00. The highest BCUT2D eigenvalue weighted by molar-refractivity contribution is 9.10. The van der Waals surface area contributed by atoms with E-state index in [2.05, 4.69) is 59.4 Å². The molecule has 2 aromatic rings. The smallest absolute Gasteiger partial charge is 0.0648 e. The fourth-order valence-electron chi connectivity index (χ4n) is 2.28. The first-order chi connectivity index (χ1) is 10.1. The van der Waals surface area contributed by atoms with Gasteiger partial charge in [0.15, 0.2) is 0 Å². The van der Waals surface area contributed by atoms with Crippen LogP contribution >= 0.6 is 27.5 Å². The summed E-state index contributed by atoms with van der Waals surface area (Å²) in [6.07, 6.45) is 3.65. The predicted molar refractivity (Wildman–Crippen MR) is 96.2 cm³/mol. The molecular formula is C18H21BrClN. The van der Waals surface area contributed by atoms with Crippen LogP contribution in [0.1, 0.15) is 43.9 Å². The Labute approximate surface area is 140 Å². The zero-order valence-electron chi connectivity index (χ0n) is 12.5. The van der Waals surface area contributed by atoms with Crippen LogP contribution in [-0.4, -0.2) is 0 Å². The van der Waals surface area contributed by atoms with Crippen LogP contribution in [0.5, 0.6) is 0 Å². The Morgan fingerprint density at radius 1 is 1.14 bits per heavy atom. The Kier molecular flexibility index (Phi) is 6.13. The number of benzene rings is 2. The highest BCUT2D eigenvalue weighted by Gasteiger charge is 2.08. The maximum atomic E-state index is 6.25. The molecule has 1 unspecified atom stereocenters. The molecule has 0 radical (unpaired) electrons. The zero-order valence-corrected chi connectivity index (χ0v) is 14.8. The summed E-state index contributed by atoms with van der Waals surface area (Å²) >= 11 is 9.67. The lowest BCUT2D eigenvalue weighted by molar-refractivity contribution is 0.793. The first kappa shape index (κ1) is 16.4. The molecule has 0 amide bonds. The lowest BCUT2D eigenvalue weighted by atomic mass is 10.0. The summed E-state index contributed by atoms with van der Waals surface area (Å²) in [6, 6.07) is 15.0. The number of anilines is 1. The van der Waals surface area contributed by atoms with Gasteiger partial charge in [0.1, 0.15) is 0 Å². The molecular weight excluding hydrogens is 346 g/mol. The van der Waals surface area contributed by atoms with Crippen molar-refractivity contribution < 1.29 is 0 Å². The van der Waals surface area contributed by atoms with E-state index >= 15 is 0 Å². The molecule has 1 N–H and O–H groups in total. The largest absolute Gasteiger partial charge is 0.377 e. The third-order valence-corrected chi connectivity index (χ3v) is 4.41. The summed E-state index contributed by atoms with van der Waals surface area (Å²) in [6.45, 7) is 4.38. The maximum absolute atomic E-state index is 6.25. The number of aryl methyl sites for hydroxylation is 1. The normalized spacial score (nSPS) is 12.2. The molecule has 0 spiro atoms. The molecule has 0 saturated carbocycles. The first-order valence-corrected chi connectivity index (χ1v) is 8.57. The van der Waals surface area contributed by atoms with Gasteiger partial charge in [0.05, 0.1) is 10.7 Å². The molecule has 0 aliphatic heterocycles. The van der Waals surface area contributed by atoms with Crippen molar-refractivity contribution >= 4 is 33.2 Å². The Hall–Kier alpha value is -0.990. The van der Waals surface area contributed by atoms with E-state index in [1.807, 2.05) is 18.2 Å². The number of rotatable bonds is 6. The van der Waals surface area contributed by atoms with Crippen molar-refractivity contribution in [3.63, 3.8) is 0 Å². The maximum Gasteiger partial charge on any atom is 0.0648 e. The number of nitrogens with one attached hydrogen (secondary N) is 1. The van der Waals surface area contributed by atoms with Crippen molar-refractivity contribution in [2.75, 3.05) is 5.32 Å². The number of hydrogen-bond acceptors (Lipinski definition) is 1. The van der Waals surface area contributed by atoms with Gasteiger partial charge in [-0.2, -0.15) is 0 Å². The van der Waals surface area contributed by atoms with Crippen LogP contribution in [0, 0.1) is 0 Å². The summed E-state index contributed by atoms with van der Waals surface area (Å²) in [5, 5.41) is 4.20. The van der Waals surface area contributed by atoms with Crippen LogP contribution in [-0.2, 0) is 6.42 Å². The van der Waals surface area contributed by atoms with Gasteiger partial charge >= 0.3 is 0 Å². The summed E-state index contributed by atoms with van der Waals surface area (Å²) in [7, 11) is 0. The average molecular weight is 367 g/mol. The number of unbranched alkanes of at least 4 members (excludes halogenated alkanes) is 1. The van der Waals surface area contributed by atoms with Crippen LogP contribution < -0.4 is 5.32 Å². The van der Waals surface area contributed by atoms with Crippen molar-refractivity contribution in [2.24, 2.45) is 0 Å². The molecule has 0 fully saturated rings. The first-order valence-electron chi connectivity index (χ1n) is 7.40. The van der Waals surface area contributed by atoms with Crippen molar-refractivity contribution in [1.82, 2.24) is 0 Å². The van der Waals surface area contributed by atoms with Gasteiger partial charge in [-0.1, -0.05) is 65.1 Å². The predicted octanol–water partition coefficient (Wildman–Crippen LogP) is 6.62. The van der Waals surface area contributed by atoms with Crippen molar-refractivity contribution in [2.45, 2.75) is 39.2 Å². The molecule has 0 aliphatic rings. The van der Waals surface area contributed by atoms with E-state index in [0.29, 0.717) is 0 Å². The van der Waals surface area contributed by atoms with Gasteiger partial charge in [-0.15, -0.1) is 0 Å². The summed E-state index contributed by atoms with van der Waals surface area (Å²) in [5.41, 5.74) is 3.64. The molecule has 21 heavy (non-hydrogen) atoms. The average Bonchev–Trinajstić information content (AvgIpc) is 2.48. The van der Waals surface area contributed by atoms with Gasteiger partial charge in [-0.3, -0.25) is 0 Å². The van der Waals surface area contributed by atoms with Gasteiger partial charge in [0, 0.05) is 10.5 Å². The van der Waals surface area contributed by atoms with E-state index in [1.165, 1.54) is 24.0 Å². The molecule has 2 rings (SSSR count). The minimum atomic E-state index is 0.226. The van der Waals surface area contributed by atoms with E-state index in [9.17, 15) is 0 Å². The third-order valence-electron chi connectivity index (χ3n) is 3.60. The Morgan fingerprint density at radius 2 is 1.86 bits per heavy atom. The highest BCUT2D eigenvalue weighted by Crippen LogP contribution is 2.29. The zero-order chi connectivity index (χ0) is 15.2. The van der Waals surface area contributed by atoms with Gasteiger partial charge in [-0.05, 0) is 49.1 Å². The minimum Gasteiger partial charge on any atom is -0.377 e. The molecule has 0 aromatic heterocycles. The molecule has 2 aromatic carbocycles. The van der Waals surface area contributed by atoms with E-state index < -0.39 is 0 Å². The van der Waals surface area contributed by atoms with Crippen molar-refractivity contribution in [1.29, 1.82) is 0 Å². The lowest BCUT2D eigenvalue weighted by Gasteiger charge is -2.17. The van der Waals surface area contributed by atoms with E-state index in [-0.39, 0.29) is 6.04 Å². The van der Waals surface area contributed by atoms with Crippen molar-refractivity contribution in [3.8, 4) is 0 Å². The topological polar surface area (TPSA) is 12.0 Å². The molecule has 1 atom stereocenters. The SMILES string of the molecule is CCCCc1ccc(C(C)Nc2ccc(Br)cc2Cl)cc1. The summed E-state index contributed by atoms with van der Waals surface area (Å²) in [4.78, 5) is 0. The second-order valence-corrected chi connectivity index (χ2v) is 6.66. The number of hydrogen-bond donors (Lipinski definition) is 1. The van der Waals surface area contributed by atoms with Crippen LogP contribution in [0.15, 0.2) is 46.9 Å². The third kappa shape index (κ3) is 4.76. The minimum absolute atomic E-state index is 0.226. The standard InChI is InChI=1S/C18H21BrClN/c1-3-4-5-14-6-8-15(9-7-14)13(2)21-18-11-10-16(19)12-17(18)20/h6-13,21H,3-5H2,1-2H3. The molecule has 1 nitrogen and oxygen atoms in total. The summed E-state index contributed by atoms with van der Waals surface area (Å²) in [5.74, 6) is 0. The second-order valence-electron chi connectivity index (χ2n) is 5.34. The summed E-state index contributed by atoms with van der Waals surface area (Å²) < 4.78 is 0.992. The van der Waals surface area contributed by atoms with E-state index in [1.54, 1.807) is 0 Å². The highest BCUT2D eigenvalue weighted by atomic mass is 79.9. The van der Waals surface area contributed by atoms with Gasteiger partial charge in [0.25, 0.3) is 0 Å². The van der Waals surface area contributed by atoms with Gasteiger partial charge in [0.2, 0.25) is 0 Å². The van der Waals surface area contributed by atoms with Crippen LogP contribution in [0.2, 0.25) is 5.02 Å². The Bertz CT molecular complexity index is 580. The molecule has 112 valence electrons. The van der Waals surface area contributed by atoms with Crippen molar-refractivity contribution in [3.05, 3.63) is 63.1 Å². The Morgan fingerprint density at radius 3 is 2.48 bits per heavy atom. The quantitative estimate of drug-likeness (QED) is 0.606. The lowest BCUT2D eigenvalue weighted by Crippen LogP contribution is -2.07. The molecule has 0 bridgehead atoms. The molecule has 0 heterocycles. The number of halogens is 2.